The quantitative estimate of drug-likeness (QED) is 0.813. The first-order chi connectivity index (χ1) is 8.19. The van der Waals surface area contributed by atoms with Gasteiger partial charge >= 0.3 is 0 Å². The third kappa shape index (κ3) is 2.74. The van der Waals surface area contributed by atoms with Crippen LogP contribution in [0.3, 0.4) is 0 Å². The highest BCUT2D eigenvalue weighted by atomic mass is 32.1. The van der Waals surface area contributed by atoms with E-state index in [4.69, 9.17) is 11.0 Å². The lowest BCUT2D eigenvalue weighted by atomic mass is 10.2. The summed E-state index contributed by atoms with van der Waals surface area (Å²) in [5, 5.41) is 13.1. The highest BCUT2D eigenvalue weighted by Crippen LogP contribution is 2.21. The van der Waals surface area contributed by atoms with Crippen LogP contribution in [0.4, 0.5) is 11.4 Å². The van der Waals surface area contributed by atoms with Crippen molar-refractivity contribution in [2.75, 3.05) is 11.1 Å². The summed E-state index contributed by atoms with van der Waals surface area (Å²) in [6, 6.07) is 7.29. The molecule has 0 saturated heterocycles. The number of rotatable bonds is 3. The Morgan fingerprint density at radius 1 is 1.53 bits per heavy atom. The van der Waals surface area contributed by atoms with Crippen molar-refractivity contribution in [3.8, 4) is 6.07 Å². The molecule has 1 heterocycles. The van der Waals surface area contributed by atoms with E-state index in [1.807, 2.05) is 13.1 Å². The fourth-order valence-electron chi connectivity index (χ4n) is 1.45. The summed E-state index contributed by atoms with van der Waals surface area (Å²) in [7, 11) is 0. The van der Waals surface area contributed by atoms with Gasteiger partial charge in [-0.05, 0) is 25.1 Å². The van der Waals surface area contributed by atoms with Crippen molar-refractivity contribution in [3.63, 3.8) is 0 Å². The minimum absolute atomic E-state index is 0.599. The number of aryl methyl sites for hydroxylation is 1. The van der Waals surface area contributed by atoms with E-state index < -0.39 is 0 Å². The van der Waals surface area contributed by atoms with E-state index in [2.05, 4.69) is 16.4 Å². The summed E-state index contributed by atoms with van der Waals surface area (Å²) in [5.74, 6) is 0. The Hall–Kier alpha value is -2.06. The molecule has 0 spiro atoms. The van der Waals surface area contributed by atoms with Crippen LogP contribution in [0.2, 0.25) is 0 Å². The van der Waals surface area contributed by atoms with Gasteiger partial charge in [-0.2, -0.15) is 5.26 Å². The van der Waals surface area contributed by atoms with Crippen molar-refractivity contribution in [1.29, 1.82) is 5.26 Å². The maximum Gasteiger partial charge on any atom is 0.0992 e. The number of nitrogens with one attached hydrogen (secondary N) is 1. The Kier molecular flexibility index (Phi) is 3.26. The van der Waals surface area contributed by atoms with E-state index in [9.17, 15) is 0 Å². The smallest absolute Gasteiger partial charge is 0.0992 e. The van der Waals surface area contributed by atoms with Crippen LogP contribution in [-0.2, 0) is 6.54 Å². The molecule has 17 heavy (non-hydrogen) atoms. The lowest BCUT2D eigenvalue weighted by Crippen LogP contribution is -2.01. The molecular weight excluding hydrogens is 232 g/mol. The van der Waals surface area contributed by atoms with Crippen molar-refractivity contribution < 1.29 is 0 Å². The number of nitrogens with zero attached hydrogens (tertiary/aromatic N) is 2. The molecule has 1 aromatic carbocycles. The normalized spacial score (nSPS) is 9.88. The molecule has 3 N–H and O–H groups in total. The Morgan fingerprint density at radius 2 is 2.35 bits per heavy atom. The van der Waals surface area contributed by atoms with Crippen LogP contribution in [0.25, 0.3) is 0 Å². The number of benzene rings is 1. The lowest BCUT2D eigenvalue weighted by Gasteiger charge is -2.08. The van der Waals surface area contributed by atoms with Crippen molar-refractivity contribution >= 4 is 22.7 Å². The first kappa shape index (κ1) is 11.4. The molecule has 0 aliphatic rings. The Morgan fingerprint density at radius 3 is 3.00 bits per heavy atom. The second-order valence-electron chi connectivity index (χ2n) is 3.61. The third-order valence-corrected chi connectivity index (χ3v) is 3.22. The summed E-state index contributed by atoms with van der Waals surface area (Å²) in [5.41, 5.74) is 7.86. The van der Waals surface area contributed by atoms with Gasteiger partial charge in [-0.25, -0.2) is 4.98 Å². The number of hydrogen-bond donors (Lipinski definition) is 2. The largest absolute Gasteiger partial charge is 0.397 e. The molecule has 0 amide bonds. The van der Waals surface area contributed by atoms with Crippen LogP contribution < -0.4 is 11.1 Å². The van der Waals surface area contributed by atoms with E-state index in [-0.39, 0.29) is 0 Å². The number of nitrogens with two attached hydrogens (primary N) is 1. The summed E-state index contributed by atoms with van der Waals surface area (Å²) < 4.78 is 0. The molecular formula is C12H12N4S. The zero-order valence-corrected chi connectivity index (χ0v) is 10.2. The van der Waals surface area contributed by atoms with E-state index in [0.717, 1.165) is 15.6 Å². The van der Waals surface area contributed by atoms with Crippen LogP contribution in [-0.4, -0.2) is 4.98 Å². The van der Waals surface area contributed by atoms with Crippen LogP contribution in [0.5, 0.6) is 0 Å². The molecule has 5 heteroatoms. The Balaban J connectivity index is 2.11. The number of nitriles is 1. The van der Waals surface area contributed by atoms with Gasteiger partial charge in [0.2, 0.25) is 0 Å². The maximum atomic E-state index is 8.81. The average molecular weight is 244 g/mol. The van der Waals surface area contributed by atoms with Gasteiger partial charge in [0.1, 0.15) is 0 Å². The fraction of sp³-hybridized carbons (Fsp3) is 0.167. The van der Waals surface area contributed by atoms with Crippen molar-refractivity contribution in [3.05, 3.63) is 39.8 Å². The SMILES string of the molecule is Cc1ncc(CNc2cc(C#N)ccc2N)s1. The van der Waals surface area contributed by atoms with Gasteiger partial charge in [0, 0.05) is 11.1 Å². The Labute approximate surface area is 104 Å². The standard InChI is InChI=1S/C12H12N4S/c1-8-15-6-10(17-8)7-16-12-4-9(5-13)2-3-11(12)14/h2-4,6,16H,7,14H2,1H3. The first-order valence-corrected chi connectivity index (χ1v) is 5.95. The van der Waals surface area contributed by atoms with E-state index in [1.54, 1.807) is 29.5 Å². The number of aromatic nitrogens is 1. The van der Waals surface area contributed by atoms with Crippen LogP contribution in [0, 0.1) is 18.3 Å². The molecule has 0 atom stereocenters. The summed E-state index contributed by atoms with van der Waals surface area (Å²) in [4.78, 5) is 5.32. The molecule has 0 aliphatic heterocycles. The monoisotopic (exact) mass is 244 g/mol. The fourth-order valence-corrected chi connectivity index (χ4v) is 2.18. The van der Waals surface area contributed by atoms with Gasteiger partial charge in [0.05, 0.1) is 34.6 Å². The molecule has 2 aromatic rings. The highest BCUT2D eigenvalue weighted by Gasteiger charge is 2.02. The van der Waals surface area contributed by atoms with Gasteiger partial charge in [-0.1, -0.05) is 0 Å². The summed E-state index contributed by atoms with van der Waals surface area (Å²) >= 11 is 1.64. The van der Waals surface area contributed by atoms with Gasteiger partial charge in [0.15, 0.2) is 0 Å². The van der Waals surface area contributed by atoms with Gasteiger partial charge in [-0.15, -0.1) is 11.3 Å². The second-order valence-corrected chi connectivity index (χ2v) is 4.93. The average Bonchev–Trinajstić information content (AvgIpc) is 2.74. The topological polar surface area (TPSA) is 74.7 Å². The van der Waals surface area contributed by atoms with E-state index >= 15 is 0 Å². The minimum atomic E-state index is 0.599. The number of hydrogen-bond acceptors (Lipinski definition) is 5. The zero-order valence-electron chi connectivity index (χ0n) is 9.40. The summed E-state index contributed by atoms with van der Waals surface area (Å²) in [6.45, 7) is 2.64. The van der Waals surface area contributed by atoms with E-state index in [0.29, 0.717) is 17.8 Å². The molecule has 2 rings (SSSR count). The molecule has 0 radical (unpaired) electrons. The number of anilines is 2. The van der Waals surface area contributed by atoms with Crippen molar-refractivity contribution in [2.45, 2.75) is 13.5 Å². The molecule has 0 bridgehead atoms. The van der Waals surface area contributed by atoms with Crippen molar-refractivity contribution in [2.24, 2.45) is 0 Å². The lowest BCUT2D eigenvalue weighted by molar-refractivity contribution is 1.17. The first-order valence-electron chi connectivity index (χ1n) is 5.14. The molecule has 0 aliphatic carbocycles. The van der Waals surface area contributed by atoms with Gasteiger partial charge in [-0.3, -0.25) is 0 Å². The molecule has 0 saturated carbocycles. The Bertz CT molecular complexity index is 568. The molecule has 4 nitrogen and oxygen atoms in total. The third-order valence-electron chi connectivity index (χ3n) is 2.30. The zero-order chi connectivity index (χ0) is 12.3. The van der Waals surface area contributed by atoms with Gasteiger partial charge < -0.3 is 11.1 Å². The minimum Gasteiger partial charge on any atom is -0.397 e. The molecule has 1 aromatic heterocycles. The predicted octanol–water partition coefficient (Wildman–Crippen LogP) is 2.52. The van der Waals surface area contributed by atoms with Crippen molar-refractivity contribution in [1.82, 2.24) is 4.98 Å². The highest BCUT2D eigenvalue weighted by molar-refractivity contribution is 7.11. The number of nitrogen functional groups attached to an aromatic ring is 1. The van der Waals surface area contributed by atoms with Crippen LogP contribution in [0.15, 0.2) is 24.4 Å². The van der Waals surface area contributed by atoms with Gasteiger partial charge in [0.25, 0.3) is 0 Å². The molecule has 0 unspecified atom stereocenters. The maximum absolute atomic E-state index is 8.81. The summed E-state index contributed by atoms with van der Waals surface area (Å²) in [6.07, 6.45) is 1.84. The van der Waals surface area contributed by atoms with E-state index in [1.165, 1.54) is 0 Å². The predicted molar refractivity (Wildman–Crippen MR) is 69.7 cm³/mol. The van der Waals surface area contributed by atoms with Crippen LogP contribution >= 0.6 is 11.3 Å². The number of thiazole rings is 1. The molecule has 86 valence electrons. The molecule has 0 fully saturated rings. The second kappa shape index (κ2) is 4.85. The van der Waals surface area contributed by atoms with Crippen LogP contribution in [0.1, 0.15) is 15.4 Å².